The Balaban J connectivity index is 2.25. The Hall–Kier alpha value is -1.06. The number of alkyl halides is 1. The molecule has 1 heterocycles. The van der Waals surface area contributed by atoms with E-state index >= 15 is 0 Å². The Morgan fingerprint density at radius 3 is 2.84 bits per heavy atom. The molecule has 1 aromatic carbocycles. The molecule has 1 unspecified atom stereocenters. The molecule has 0 amide bonds. The zero-order chi connectivity index (χ0) is 13.8. The van der Waals surface area contributed by atoms with E-state index in [1.807, 2.05) is 37.3 Å². The number of methoxy groups -OCH3 is 1. The monoisotopic (exact) mass is 339 g/mol. The van der Waals surface area contributed by atoms with Gasteiger partial charge in [-0.3, -0.25) is 4.98 Å². The third-order valence-electron chi connectivity index (χ3n) is 3.03. The lowest BCUT2D eigenvalue weighted by Crippen LogP contribution is -2.01. The second-order valence-corrected chi connectivity index (χ2v) is 5.71. The fourth-order valence-corrected chi connectivity index (χ4v) is 2.88. The highest BCUT2D eigenvalue weighted by Crippen LogP contribution is 2.33. The summed E-state index contributed by atoms with van der Waals surface area (Å²) in [5.41, 5.74) is 3.20. The van der Waals surface area contributed by atoms with E-state index in [0.717, 1.165) is 27.0 Å². The molecule has 19 heavy (non-hydrogen) atoms. The Bertz CT molecular complexity index is 574. The van der Waals surface area contributed by atoms with E-state index in [1.54, 1.807) is 13.3 Å². The number of benzene rings is 1. The molecule has 0 fully saturated rings. The first-order chi connectivity index (χ1) is 9.11. The third-order valence-corrected chi connectivity index (χ3v) is 4.14. The molecule has 1 atom stereocenters. The number of aromatic nitrogens is 1. The van der Waals surface area contributed by atoms with Gasteiger partial charge in [0, 0.05) is 22.8 Å². The number of aryl methyl sites for hydroxylation is 1. The SMILES string of the molecule is COc1ccc(Br)c(C(Cl)Cc2ncccc2C)c1. The molecule has 2 nitrogen and oxygen atoms in total. The van der Waals surface area contributed by atoms with Crippen molar-refractivity contribution in [3.8, 4) is 5.75 Å². The van der Waals surface area contributed by atoms with Gasteiger partial charge in [-0.1, -0.05) is 22.0 Å². The van der Waals surface area contributed by atoms with E-state index < -0.39 is 0 Å². The maximum Gasteiger partial charge on any atom is 0.119 e. The van der Waals surface area contributed by atoms with Crippen LogP contribution in [0.25, 0.3) is 0 Å². The molecule has 0 N–H and O–H groups in total. The Kier molecular flexibility index (Phi) is 4.83. The van der Waals surface area contributed by atoms with E-state index in [1.165, 1.54) is 0 Å². The maximum absolute atomic E-state index is 6.52. The van der Waals surface area contributed by atoms with Gasteiger partial charge in [-0.2, -0.15) is 0 Å². The predicted octanol–water partition coefficient (Wildman–Crippen LogP) is 4.68. The van der Waals surface area contributed by atoms with E-state index in [0.29, 0.717) is 6.42 Å². The van der Waals surface area contributed by atoms with Crippen molar-refractivity contribution in [3.05, 3.63) is 57.8 Å². The van der Waals surface area contributed by atoms with Crippen LogP contribution < -0.4 is 4.74 Å². The van der Waals surface area contributed by atoms with Gasteiger partial charge in [-0.25, -0.2) is 0 Å². The molecular formula is C15H15BrClNO. The molecule has 0 radical (unpaired) electrons. The van der Waals surface area contributed by atoms with Crippen molar-refractivity contribution < 1.29 is 4.74 Å². The van der Waals surface area contributed by atoms with E-state index in [-0.39, 0.29) is 5.38 Å². The molecule has 4 heteroatoms. The van der Waals surface area contributed by atoms with Crippen molar-refractivity contribution in [2.24, 2.45) is 0 Å². The molecule has 2 rings (SSSR count). The zero-order valence-corrected chi connectivity index (χ0v) is 13.2. The van der Waals surface area contributed by atoms with Crippen molar-refractivity contribution in [1.29, 1.82) is 0 Å². The first kappa shape index (κ1) is 14.4. The van der Waals surface area contributed by atoms with Crippen LogP contribution in [-0.2, 0) is 6.42 Å². The van der Waals surface area contributed by atoms with Crippen molar-refractivity contribution >= 4 is 27.5 Å². The highest BCUT2D eigenvalue weighted by Gasteiger charge is 2.15. The second kappa shape index (κ2) is 6.40. The number of pyridine rings is 1. The summed E-state index contributed by atoms with van der Waals surface area (Å²) in [6, 6.07) is 9.80. The van der Waals surface area contributed by atoms with Gasteiger partial charge in [-0.15, -0.1) is 11.6 Å². The van der Waals surface area contributed by atoms with Crippen LogP contribution in [0, 0.1) is 6.92 Å². The fraction of sp³-hybridized carbons (Fsp3) is 0.267. The minimum Gasteiger partial charge on any atom is -0.497 e. The van der Waals surface area contributed by atoms with Crippen molar-refractivity contribution in [3.63, 3.8) is 0 Å². The van der Waals surface area contributed by atoms with Gasteiger partial charge in [0.2, 0.25) is 0 Å². The van der Waals surface area contributed by atoms with Crippen molar-refractivity contribution in [2.75, 3.05) is 7.11 Å². The Labute approximate surface area is 126 Å². The minimum absolute atomic E-state index is 0.141. The van der Waals surface area contributed by atoms with Crippen LogP contribution in [0.3, 0.4) is 0 Å². The van der Waals surface area contributed by atoms with Gasteiger partial charge >= 0.3 is 0 Å². The van der Waals surface area contributed by atoms with E-state index in [9.17, 15) is 0 Å². The maximum atomic E-state index is 6.52. The number of nitrogens with zero attached hydrogens (tertiary/aromatic N) is 1. The first-order valence-electron chi connectivity index (χ1n) is 6.00. The summed E-state index contributed by atoms with van der Waals surface area (Å²) >= 11 is 10.1. The summed E-state index contributed by atoms with van der Waals surface area (Å²) in [4.78, 5) is 4.39. The summed E-state index contributed by atoms with van der Waals surface area (Å²) in [7, 11) is 1.65. The first-order valence-corrected chi connectivity index (χ1v) is 7.22. The molecule has 0 saturated carbocycles. The minimum atomic E-state index is -0.141. The van der Waals surface area contributed by atoms with Gasteiger partial charge in [0.1, 0.15) is 5.75 Å². The average Bonchev–Trinajstić information content (AvgIpc) is 2.42. The molecule has 0 bridgehead atoms. The van der Waals surface area contributed by atoms with Crippen molar-refractivity contribution in [2.45, 2.75) is 18.7 Å². The normalized spacial score (nSPS) is 12.2. The second-order valence-electron chi connectivity index (χ2n) is 4.33. The van der Waals surface area contributed by atoms with Gasteiger partial charge in [0.25, 0.3) is 0 Å². The van der Waals surface area contributed by atoms with Crippen LogP contribution in [-0.4, -0.2) is 12.1 Å². The van der Waals surface area contributed by atoms with Crippen LogP contribution in [0.2, 0.25) is 0 Å². The van der Waals surface area contributed by atoms with Crippen LogP contribution in [0.5, 0.6) is 5.75 Å². The fourth-order valence-electron chi connectivity index (χ4n) is 1.90. The van der Waals surface area contributed by atoms with Crippen LogP contribution >= 0.6 is 27.5 Å². The molecule has 0 aliphatic rings. The van der Waals surface area contributed by atoms with Crippen LogP contribution in [0.1, 0.15) is 22.2 Å². The number of hydrogen-bond acceptors (Lipinski definition) is 2. The van der Waals surface area contributed by atoms with E-state index in [2.05, 4.69) is 20.9 Å². The van der Waals surface area contributed by atoms with Crippen molar-refractivity contribution in [1.82, 2.24) is 4.98 Å². The number of hydrogen-bond donors (Lipinski definition) is 0. The standard InChI is InChI=1S/C15H15BrClNO/c1-10-4-3-7-18-15(10)9-14(17)12-8-11(19-2)5-6-13(12)16/h3-8,14H,9H2,1-2H3. The molecule has 0 aliphatic carbocycles. The molecule has 2 aromatic rings. The van der Waals surface area contributed by atoms with Crippen LogP contribution in [0.15, 0.2) is 41.0 Å². The van der Waals surface area contributed by atoms with Gasteiger partial charge in [0.15, 0.2) is 0 Å². The molecule has 0 aliphatic heterocycles. The lowest BCUT2D eigenvalue weighted by atomic mass is 10.0. The Morgan fingerprint density at radius 1 is 1.37 bits per heavy atom. The smallest absolute Gasteiger partial charge is 0.119 e. The molecule has 0 saturated heterocycles. The average molecular weight is 341 g/mol. The van der Waals surface area contributed by atoms with E-state index in [4.69, 9.17) is 16.3 Å². The number of halogens is 2. The Morgan fingerprint density at radius 2 is 2.16 bits per heavy atom. The molecule has 1 aromatic heterocycles. The highest BCUT2D eigenvalue weighted by molar-refractivity contribution is 9.10. The molecule has 0 spiro atoms. The highest BCUT2D eigenvalue weighted by atomic mass is 79.9. The lowest BCUT2D eigenvalue weighted by molar-refractivity contribution is 0.414. The summed E-state index contributed by atoms with van der Waals surface area (Å²) in [6.45, 7) is 2.05. The molecule has 100 valence electrons. The quantitative estimate of drug-likeness (QED) is 0.754. The molecular weight excluding hydrogens is 326 g/mol. The third kappa shape index (κ3) is 3.48. The number of ether oxygens (including phenoxy) is 1. The lowest BCUT2D eigenvalue weighted by Gasteiger charge is -2.14. The largest absolute Gasteiger partial charge is 0.497 e. The zero-order valence-electron chi connectivity index (χ0n) is 10.9. The summed E-state index contributed by atoms with van der Waals surface area (Å²) in [5.74, 6) is 0.807. The summed E-state index contributed by atoms with van der Waals surface area (Å²) in [6.07, 6.45) is 2.49. The predicted molar refractivity (Wildman–Crippen MR) is 82.0 cm³/mol. The van der Waals surface area contributed by atoms with Crippen LogP contribution in [0.4, 0.5) is 0 Å². The topological polar surface area (TPSA) is 22.1 Å². The summed E-state index contributed by atoms with van der Waals surface area (Å²) < 4.78 is 6.23. The summed E-state index contributed by atoms with van der Waals surface area (Å²) in [5, 5.41) is -0.141. The van der Waals surface area contributed by atoms with Gasteiger partial charge in [-0.05, 0) is 42.3 Å². The van der Waals surface area contributed by atoms with Gasteiger partial charge < -0.3 is 4.74 Å². The van der Waals surface area contributed by atoms with Gasteiger partial charge in [0.05, 0.1) is 12.5 Å². The number of rotatable bonds is 4.